The number of aromatic nitrogens is 1. The molecule has 0 saturated carbocycles. The first kappa shape index (κ1) is 16.6. The standard InChI is InChI=1S/C21H18BrN3O2/c1-2-24-20(26)17-11-14-12-7-4-6-10-16(12)23-18(14)19(25(17)21(24)27)13-8-3-5-9-15(13)22/h3-10,17,19,23H,2,11H2,1H3/t17-,19-/m0/s1. The van der Waals surface area contributed by atoms with Crippen molar-refractivity contribution < 1.29 is 9.59 Å². The number of aromatic amines is 1. The van der Waals surface area contributed by atoms with E-state index in [1.807, 2.05) is 49.4 Å². The number of carbonyl (C=O) groups excluding carboxylic acids is 2. The smallest absolute Gasteiger partial charge is 0.328 e. The fourth-order valence-electron chi connectivity index (χ4n) is 4.44. The first-order valence-electron chi connectivity index (χ1n) is 9.09. The Morgan fingerprint density at radius 2 is 1.85 bits per heavy atom. The lowest BCUT2D eigenvalue weighted by Gasteiger charge is -2.36. The highest BCUT2D eigenvalue weighted by atomic mass is 79.9. The highest BCUT2D eigenvalue weighted by Gasteiger charge is 2.52. The van der Waals surface area contributed by atoms with Gasteiger partial charge in [0.1, 0.15) is 12.1 Å². The second-order valence-electron chi connectivity index (χ2n) is 6.98. The van der Waals surface area contributed by atoms with Crippen molar-refractivity contribution in [2.75, 3.05) is 6.54 Å². The highest BCUT2D eigenvalue weighted by Crippen LogP contribution is 2.45. The van der Waals surface area contributed by atoms with E-state index in [-0.39, 0.29) is 18.0 Å². The summed E-state index contributed by atoms with van der Waals surface area (Å²) in [5.74, 6) is -0.101. The molecule has 2 aliphatic rings. The first-order valence-corrected chi connectivity index (χ1v) is 9.88. The number of urea groups is 1. The summed E-state index contributed by atoms with van der Waals surface area (Å²) in [4.78, 5) is 32.7. The molecule has 2 atom stereocenters. The van der Waals surface area contributed by atoms with Crippen LogP contribution in [0.5, 0.6) is 0 Å². The number of carbonyl (C=O) groups is 2. The summed E-state index contributed by atoms with van der Waals surface area (Å²) in [6, 6.07) is 15.0. The molecule has 3 aromatic rings. The van der Waals surface area contributed by atoms with Crippen molar-refractivity contribution in [2.45, 2.75) is 25.4 Å². The zero-order valence-electron chi connectivity index (χ0n) is 14.8. The summed E-state index contributed by atoms with van der Waals surface area (Å²) in [6.07, 6.45) is 0.543. The zero-order chi connectivity index (χ0) is 18.7. The van der Waals surface area contributed by atoms with Crippen LogP contribution >= 0.6 is 15.9 Å². The van der Waals surface area contributed by atoms with Crippen LogP contribution in [0.15, 0.2) is 53.0 Å². The van der Waals surface area contributed by atoms with Crippen LogP contribution in [-0.4, -0.2) is 39.3 Å². The van der Waals surface area contributed by atoms with Gasteiger partial charge >= 0.3 is 6.03 Å². The summed E-state index contributed by atoms with van der Waals surface area (Å²) >= 11 is 3.64. The van der Waals surface area contributed by atoms with Gasteiger partial charge in [-0.3, -0.25) is 14.6 Å². The minimum Gasteiger partial charge on any atom is -0.356 e. The molecule has 3 amide bonds. The number of halogens is 1. The van der Waals surface area contributed by atoms with Crippen molar-refractivity contribution in [3.63, 3.8) is 0 Å². The van der Waals surface area contributed by atoms with Crippen molar-refractivity contribution >= 4 is 38.8 Å². The van der Waals surface area contributed by atoms with Gasteiger partial charge in [-0.1, -0.05) is 52.3 Å². The number of benzene rings is 2. The van der Waals surface area contributed by atoms with E-state index < -0.39 is 6.04 Å². The second-order valence-corrected chi connectivity index (χ2v) is 7.83. The first-order chi connectivity index (χ1) is 13.1. The van der Waals surface area contributed by atoms with Gasteiger partial charge in [0.25, 0.3) is 5.91 Å². The van der Waals surface area contributed by atoms with Gasteiger partial charge in [0, 0.05) is 34.0 Å². The van der Waals surface area contributed by atoms with Crippen LogP contribution in [0, 0.1) is 0 Å². The number of H-pyrrole nitrogens is 1. The van der Waals surface area contributed by atoms with Gasteiger partial charge in [0.05, 0.1) is 0 Å². The Morgan fingerprint density at radius 1 is 1.11 bits per heavy atom. The molecule has 0 radical (unpaired) electrons. The third kappa shape index (κ3) is 2.22. The normalized spacial score (nSPS) is 21.7. The number of nitrogens with zero attached hydrogens (tertiary/aromatic N) is 2. The molecular formula is C21H18BrN3O2. The quantitative estimate of drug-likeness (QED) is 0.627. The lowest BCUT2D eigenvalue weighted by molar-refractivity contribution is -0.128. The number of para-hydroxylation sites is 1. The molecule has 0 bridgehead atoms. The SMILES string of the molecule is CCN1C(=O)[C@@H]2Cc3c([nH]c4ccccc34)[C@H](c3ccccc3Br)N2C1=O. The maximum absolute atomic E-state index is 13.1. The van der Waals surface area contributed by atoms with E-state index in [0.717, 1.165) is 32.2 Å². The molecule has 1 saturated heterocycles. The van der Waals surface area contributed by atoms with E-state index in [4.69, 9.17) is 0 Å². The van der Waals surface area contributed by atoms with Crippen molar-refractivity contribution in [3.8, 4) is 0 Å². The topological polar surface area (TPSA) is 56.4 Å². The fraction of sp³-hybridized carbons (Fsp3) is 0.238. The molecule has 6 heteroatoms. The van der Waals surface area contributed by atoms with Gasteiger partial charge in [-0.15, -0.1) is 0 Å². The summed E-state index contributed by atoms with van der Waals surface area (Å²) in [6.45, 7) is 2.23. The van der Waals surface area contributed by atoms with E-state index in [0.29, 0.717) is 13.0 Å². The van der Waals surface area contributed by atoms with Crippen molar-refractivity contribution in [1.82, 2.24) is 14.8 Å². The number of imide groups is 1. The fourth-order valence-corrected chi connectivity index (χ4v) is 4.94. The summed E-state index contributed by atoms with van der Waals surface area (Å²) in [7, 11) is 0. The second kappa shape index (κ2) is 5.96. The van der Waals surface area contributed by atoms with Gasteiger partial charge in [0.2, 0.25) is 0 Å². The molecule has 136 valence electrons. The van der Waals surface area contributed by atoms with Gasteiger partial charge in [-0.25, -0.2) is 4.79 Å². The average molecular weight is 424 g/mol. The van der Waals surface area contributed by atoms with Gasteiger partial charge in [-0.2, -0.15) is 0 Å². The molecule has 2 aliphatic heterocycles. The number of nitrogens with one attached hydrogen (secondary N) is 1. The Hall–Kier alpha value is -2.60. The largest absolute Gasteiger partial charge is 0.356 e. The van der Waals surface area contributed by atoms with E-state index in [1.165, 1.54) is 4.90 Å². The van der Waals surface area contributed by atoms with Crippen LogP contribution in [0.3, 0.4) is 0 Å². The summed E-state index contributed by atoms with van der Waals surface area (Å²) < 4.78 is 0.926. The summed E-state index contributed by atoms with van der Waals surface area (Å²) in [5.41, 5.74) is 4.15. The Kier molecular flexibility index (Phi) is 3.65. The Labute approximate surface area is 165 Å². The van der Waals surface area contributed by atoms with Gasteiger partial charge in [0.15, 0.2) is 0 Å². The number of fused-ring (bicyclic) bond motifs is 4. The molecule has 3 heterocycles. The molecule has 1 fully saturated rings. The zero-order valence-corrected chi connectivity index (χ0v) is 16.4. The number of rotatable bonds is 2. The highest BCUT2D eigenvalue weighted by molar-refractivity contribution is 9.10. The van der Waals surface area contributed by atoms with E-state index in [2.05, 4.69) is 27.0 Å². The molecule has 1 N–H and O–H groups in total. The predicted molar refractivity (Wildman–Crippen MR) is 106 cm³/mol. The summed E-state index contributed by atoms with van der Waals surface area (Å²) in [5, 5.41) is 1.12. The molecule has 0 unspecified atom stereocenters. The number of hydrogen-bond acceptors (Lipinski definition) is 2. The van der Waals surface area contributed by atoms with Crippen LogP contribution < -0.4 is 0 Å². The Bertz CT molecular complexity index is 1090. The number of amides is 3. The minimum absolute atomic E-state index is 0.101. The molecule has 1 aromatic heterocycles. The lowest BCUT2D eigenvalue weighted by Crippen LogP contribution is -2.44. The van der Waals surface area contributed by atoms with Crippen LogP contribution in [0.4, 0.5) is 4.79 Å². The van der Waals surface area contributed by atoms with Crippen molar-refractivity contribution in [2.24, 2.45) is 0 Å². The molecule has 2 aromatic carbocycles. The average Bonchev–Trinajstić information content (AvgIpc) is 3.16. The van der Waals surface area contributed by atoms with Crippen LogP contribution in [0.2, 0.25) is 0 Å². The lowest BCUT2D eigenvalue weighted by atomic mass is 9.89. The van der Waals surface area contributed by atoms with Crippen molar-refractivity contribution in [1.29, 1.82) is 0 Å². The third-order valence-corrected chi connectivity index (χ3v) is 6.37. The van der Waals surface area contributed by atoms with E-state index in [1.54, 1.807) is 4.90 Å². The van der Waals surface area contributed by atoms with Crippen LogP contribution in [0.25, 0.3) is 10.9 Å². The maximum Gasteiger partial charge on any atom is 0.328 e. The van der Waals surface area contributed by atoms with Gasteiger partial charge < -0.3 is 4.98 Å². The molecule has 0 aliphatic carbocycles. The van der Waals surface area contributed by atoms with E-state index in [9.17, 15) is 9.59 Å². The molecule has 5 nitrogen and oxygen atoms in total. The maximum atomic E-state index is 13.1. The van der Waals surface area contributed by atoms with Crippen LogP contribution in [0.1, 0.15) is 29.8 Å². The number of likely N-dealkylation sites (N-methyl/N-ethyl adjacent to an activating group) is 1. The molecule has 5 rings (SSSR count). The monoisotopic (exact) mass is 423 g/mol. The molecule has 0 spiro atoms. The van der Waals surface area contributed by atoms with E-state index >= 15 is 0 Å². The predicted octanol–water partition coefficient (Wildman–Crippen LogP) is 4.23. The molecule has 27 heavy (non-hydrogen) atoms. The minimum atomic E-state index is -0.457. The number of hydrogen-bond donors (Lipinski definition) is 1. The third-order valence-electron chi connectivity index (χ3n) is 5.65. The Morgan fingerprint density at radius 3 is 2.63 bits per heavy atom. The van der Waals surface area contributed by atoms with Gasteiger partial charge in [-0.05, 0) is 30.2 Å². The molecular weight excluding hydrogens is 406 g/mol. The van der Waals surface area contributed by atoms with Crippen LogP contribution in [-0.2, 0) is 11.2 Å². The Balaban J connectivity index is 1.79. The van der Waals surface area contributed by atoms with Crippen molar-refractivity contribution in [3.05, 3.63) is 69.8 Å².